The molecule has 0 bridgehead atoms. The molecule has 0 radical (unpaired) electrons. The van der Waals surface area contributed by atoms with Gasteiger partial charge in [0.05, 0.1) is 0 Å². The van der Waals surface area contributed by atoms with E-state index in [1.165, 1.54) is 0 Å². The first kappa shape index (κ1) is 9.21. The van der Waals surface area contributed by atoms with Crippen LogP contribution < -0.4 is 5.73 Å². The van der Waals surface area contributed by atoms with Gasteiger partial charge in [0.1, 0.15) is 0 Å². The van der Waals surface area contributed by atoms with Crippen LogP contribution in [0, 0.1) is 5.92 Å². The molecule has 0 aromatic rings. The van der Waals surface area contributed by atoms with Gasteiger partial charge < -0.3 is 5.73 Å². The second kappa shape index (κ2) is 4.09. The maximum Gasteiger partial charge on any atom is 0.0413 e. The van der Waals surface area contributed by atoms with E-state index in [4.69, 9.17) is 5.73 Å². The number of rotatable bonds is 2. The molecule has 0 aliphatic carbocycles. The van der Waals surface area contributed by atoms with Gasteiger partial charge in [-0.15, -0.1) is 0 Å². The van der Waals surface area contributed by atoms with Crippen LogP contribution in [0.2, 0.25) is 0 Å². The molecule has 0 aromatic carbocycles. The van der Waals surface area contributed by atoms with Crippen molar-refractivity contribution in [1.29, 1.82) is 0 Å². The molecule has 0 aliphatic heterocycles. The van der Waals surface area contributed by atoms with E-state index in [1.54, 1.807) is 13.2 Å². The Labute approximate surface area is 62.8 Å². The van der Waals surface area contributed by atoms with Crippen LogP contribution in [0.4, 0.5) is 0 Å². The minimum Gasteiger partial charge on any atom is -0.404 e. The maximum atomic E-state index is 5.34. The van der Waals surface area contributed by atoms with Gasteiger partial charge in [0.2, 0.25) is 0 Å². The van der Waals surface area contributed by atoms with Crippen LogP contribution >= 0.6 is 0 Å². The standard InChI is InChI=1S/C8H16N2/c1-6(2)8(10-4)7(3)5-9/h5-6H,9H2,1-4H3. The van der Waals surface area contributed by atoms with Crippen LogP contribution in [-0.4, -0.2) is 12.8 Å². The second-order valence-corrected chi connectivity index (χ2v) is 2.61. The van der Waals surface area contributed by atoms with Crippen molar-refractivity contribution in [2.45, 2.75) is 20.8 Å². The van der Waals surface area contributed by atoms with Crippen molar-refractivity contribution in [3.05, 3.63) is 11.8 Å². The van der Waals surface area contributed by atoms with Gasteiger partial charge in [-0.2, -0.15) is 0 Å². The summed E-state index contributed by atoms with van der Waals surface area (Å²) in [5, 5.41) is 0. The number of allylic oxidation sites excluding steroid dienone is 1. The van der Waals surface area contributed by atoms with Crippen molar-refractivity contribution in [3.8, 4) is 0 Å². The van der Waals surface area contributed by atoms with Crippen LogP contribution in [0.5, 0.6) is 0 Å². The minimum atomic E-state index is 0.463. The number of hydrogen-bond donors (Lipinski definition) is 1. The van der Waals surface area contributed by atoms with E-state index < -0.39 is 0 Å². The number of hydrogen-bond acceptors (Lipinski definition) is 2. The van der Waals surface area contributed by atoms with Gasteiger partial charge in [0.25, 0.3) is 0 Å². The Hall–Kier alpha value is -0.790. The lowest BCUT2D eigenvalue weighted by Gasteiger charge is -2.08. The van der Waals surface area contributed by atoms with E-state index in [0.717, 1.165) is 11.3 Å². The van der Waals surface area contributed by atoms with Gasteiger partial charge in [-0.25, -0.2) is 0 Å². The summed E-state index contributed by atoms with van der Waals surface area (Å²) in [5.41, 5.74) is 7.50. The second-order valence-electron chi connectivity index (χ2n) is 2.61. The average Bonchev–Trinajstić information content (AvgIpc) is 1.88. The Morgan fingerprint density at radius 1 is 1.50 bits per heavy atom. The van der Waals surface area contributed by atoms with Crippen LogP contribution in [0.3, 0.4) is 0 Å². The monoisotopic (exact) mass is 140 g/mol. The first-order valence-electron chi connectivity index (χ1n) is 3.49. The fourth-order valence-electron chi connectivity index (χ4n) is 0.975. The van der Waals surface area contributed by atoms with Gasteiger partial charge >= 0.3 is 0 Å². The SMILES string of the molecule is CN=C(C(C)=CN)C(C)C. The number of nitrogens with two attached hydrogens (primary N) is 1. The number of nitrogens with zero attached hydrogens (tertiary/aromatic N) is 1. The maximum absolute atomic E-state index is 5.34. The Morgan fingerprint density at radius 3 is 2.10 bits per heavy atom. The lowest BCUT2D eigenvalue weighted by atomic mass is 10.0. The molecule has 0 saturated carbocycles. The first-order chi connectivity index (χ1) is 4.63. The Kier molecular flexibility index (Phi) is 3.77. The van der Waals surface area contributed by atoms with E-state index >= 15 is 0 Å². The molecule has 0 spiro atoms. The van der Waals surface area contributed by atoms with E-state index in [-0.39, 0.29) is 0 Å². The summed E-state index contributed by atoms with van der Waals surface area (Å²) in [6.07, 6.45) is 1.60. The highest BCUT2D eigenvalue weighted by Crippen LogP contribution is 2.05. The Bertz CT molecular complexity index is 155. The molecule has 0 unspecified atom stereocenters. The Morgan fingerprint density at radius 2 is 2.00 bits per heavy atom. The third kappa shape index (κ3) is 2.21. The average molecular weight is 140 g/mol. The smallest absolute Gasteiger partial charge is 0.0413 e. The molecule has 10 heavy (non-hydrogen) atoms. The van der Waals surface area contributed by atoms with E-state index in [2.05, 4.69) is 18.8 Å². The quantitative estimate of drug-likeness (QED) is 0.581. The van der Waals surface area contributed by atoms with Gasteiger partial charge in [-0.05, 0) is 24.6 Å². The molecular weight excluding hydrogens is 124 g/mol. The molecule has 2 N–H and O–H groups in total. The highest BCUT2D eigenvalue weighted by Gasteiger charge is 2.04. The van der Waals surface area contributed by atoms with Crippen molar-refractivity contribution in [3.63, 3.8) is 0 Å². The minimum absolute atomic E-state index is 0.463. The lowest BCUT2D eigenvalue weighted by Crippen LogP contribution is -2.09. The molecule has 0 heterocycles. The van der Waals surface area contributed by atoms with Gasteiger partial charge in [0, 0.05) is 12.8 Å². The van der Waals surface area contributed by atoms with Crippen LogP contribution in [0.15, 0.2) is 16.8 Å². The summed E-state index contributed by atoms with van der Waals surface area (Å²) in [5.74, 6) is 0.463. The molecular formula is C8H16N2. The summed E-state index contributed by atoms with van der Waals surface area (Å²) < 4.78 is 0. The third-order valence-corrected chi connectivity index (χ3v) is 1.44. The van der Waals surface area contributed by atoms with Gasteiger partial charge in [-0.1, -0.05) is 13.8 Å². The van der Waals surface area contributed by atoms with E-state index in [0.29, 0.717) is 5.92 Å². The first-order valence-corrected chi connectivity index (χ1v) is 3.49. The topological polar surface area (TPSA) is 38.4 Å². The fourth-order valence-corrected chi connectivity index (χ4v) is 0.975. The largest absolute Gasteiger partial charge is 0.404 e. The molecule has 0 atom stereocenters. The molecule has 0 aromatic heterocycles. The van der Waals surface area contributed by atoms with Crippen molar-refractivity contribution in [2.75, 3.05) is 7.05 Å². The van der Waals surface area contributed by atoms with Crippen molar-refractivity contribution in [1.82, 2.24) is 0 Å². The lowest BCUT2D eigenvalue weighted by molar-refractivity contribution is 0.878. The zero-order valence-electron chi connectivity index (χ0n) is 7.18. The highest BCUT2D eigenvalue weighted by atomic mass is 14.7. The fraction of sp³-hybridized carbons (Fsp3) is 0.625. The van der Waals surface area contributed by atoms with E-state index in [9.17, 15) is 0 Å². The molecule has 0 saturated heterocycles. The summed E-state index contributed by atoms with van der Waals surface area (Å²) in [4.78, 5) is 4.13. The summed E-state index contributed by atoms with van der Waals surface area (Å²) in [6.45, 7) is 6.19. The van der Waals surface area contributed by atoms with E-state index in [1.807, 2.05) is 6.92 Å². The third-order valence-electron chi connectivity index (χ3n) is 1.44. The van der Waals surface area contributed by atoms with Crippen molar-refractivity contribution < 1.29 is 0 Å². The highest BCUT2D eigenvalue weighted by molar-refractivity contribution is 6.00. The summed E-state index contributed by atoms with van der Waals surface area (Å²) >= 11 is 0. The molecule has 2 heteroatoms. The molecule has 0 aliphatic rings. The zero-order chi connectivity index (χ0) is 8.15. The molecule has 0 fully saturated rings. The molecule has 2 nitrogen and oxygen atoms in total. The zero-order valence-corrected chi connectivity index (χ0v) is 7.18. The molecule has 58 valence electrons. The Balaban J connectivity index is 4.39. The molecule has 0 amide bonds. The van der Waals surface area contributed by atoms with Crippen LogP contribution in [0.25, 0.3) is 0 Å². The summed E-state index contributed by atoms with van der Waals surface area (Å²) in [7, 11) is 1.79. The predicted octanol–water partition coefficient (Wildman–Crippen LogP) is 1.58. The van der Waals surface area contributed by atoms with Gasteiger partial charge in [0.15, 0.2) is 0 Å². The predicted molar refractivity (Wildman–Crippen MR) is 46.1 cm³/mol. The summed E-state index contributed by atoms with van der Waals surface area (Å²) in [6, 6.07) is 0. The number of aliphatic imine (C=N–C) groups is 1. The molecule has 0 rings (SSSR count). The van der Waals surface area contributed by atoms with Crippen molar-refractivity contribution >= 4 is 5.71 Å². The van der Waals surface area contributed by atoms with Gasteiger partial charge in [-0.3, -0.25) is 4.99 Å². The normalized spacial score (nSPS) is 14.5. The van der Waals surface area contributed by atoms with Crippen LogP contribution in [-0.2, 0) is 0 Å². The van der Waals surface area contributed by atoms with Crippen LogP contribution in [0.1, 0.15) is 20.8 Å². The van der Waals surface area contributed by atoms with Crippen molar-refractivity contribution in [2.24, 2.45) is 16.6 Å².